The van der Waals surface area contributed by atoms with Crippen molar-refractivity contribution in [2.24, 2.45) is 5.92 Å². The molecule has 2 aromatic rings. The van der Waals surface area contributed by atoms with E-state index in [4.69, 9.17) is 0 Å². The van der Waals surface area contributed by atoms with Gasteiger partial charge in [-0.25, -0.2) is 4.79 Å². The van der Waals surface area contributed by atoms with Crippen LogP contribution in [0.4, 0.5) is 18.2 Å². The van der Waals surface area contributed by atoms with Gasteiger partial charge in [-0.05, 0) is 49.8 Å². The first-order valence-electron chi connectivity index (χ1n) is 9.89. The summed E-state index contributed by atoms with van der Waals surface area (Å²) >= 11 is 0.993. The maximum atomic E-state index is 14.4. The van der Waals surface area contributed by atoms with Gasteiger partial charge >= 0.3 is 17.8 Å². The number of nitrogens with zero attached hydrogens (tertiary/aromatic N) is 1. The number of amides is 1. The Kier molecular flexibility index (Phi) is 6.51. The molecule has 1 aromatic carbocycles. The van der Waals surface area contributed by atoms with Gasteiger partial charge in [0, 0.05) is 10.4 Å². The summed E-state index contributed by atoms with van der Waals surface area (Å²) in [6, 6.07) is 7.80. The minimum absolute atomic E-state index is 0.0546. The lowest BCUT2D eigenvalue weighted by Crippen LogP contribution is -2.69. The van der Waals surface area contributed by atoms with E-state index in [1.54, 1.807) is 24.4 Å². The number of anilines is 1. The Balaban J connectivity index is 2.08. The van der Waals surface area contributed by atoms with Crippen LogP contribution in [0.15, 0.2) is 24.3 Å². The van der Waals surface area contributed by atoms with Crippen molar-refractivity contribution in [2.75, 3.05) is 12.4 Å². The number of hydrogen-bond acceptors (Lipinski definition) is 6. The van der Waals surface area contributed by atoms with Gasteiger partial charge in [0.25, 0.3) is 5.91 Å². The van der Waals surface area contributed by atoms with Crippen molar-refractivity contribution in [3.8, 4) is 6.07 Å². The standard InChI is InChI=1S/C22H22F3N3O3S/c1-12-4-7-14(8-5-12)18(29)27-21(20(30)31-3,22(23,24)25)28-19-16(11-26)15-9-6-13(2)10-17(15)32-19/h4-5,7-8,13,28H,6,9-10H2,1-3H3,(H,27,29)/t13-,21-/m1/s1. The molecule has 0 spiro atoms. The summed E-state index contributed by atoms with van der Waals surface area (Å²) in [6.07, 6.45) is -3.28. The lowest BCUT2D eigenvalue weighted by atomic mass is 9.88. The second kappa shape index (κ2) is 8.82. The monoisotopic (exact) mass is 465 g/mol. The fourth-order valence-electron chi connectivity index (χ4n) is 3.62. The maximum Gasteiger partial charge on any atom is 0.441 e. The molecular weight excluding hydrogens is 443 g/mol. The average molecular weight is 465 g/mol. The van der Waals surface area contributed by atoms with Gasteiger partial charge < -0.3 is 15.4 Å². The lowest BCUT2D eigenvalue weighted by molar-refractivity contribution is -0.203. The Morgan fingerprint density at radius 3 is 2.47 bits per heavy atom. The average Bonchev–Trinajstić information content (AvgIpc) is 3.07. The molecule has 0 radical (unpaired) electrons. The smallest absolute Gasteiger partial charge is 0.441 e. The Morgan fingerprint density at radius 2 is 1.91 bits per heavy atom. The van der Waals surface area contributed by atoms with Crippen LogP contribution in [0.1, 0.15) is 45.3 Å². The maximum absolute atomic E-state index is 14.4. The van der Waals surface area contributed by atoms with E-state index in [2.05, 4.69) is 10.1 Å². The Morgan fingerprint density at radius 1 is 1.25 bits per heavy atom. The normalized spacial score (nSPS) is 17.5. The number of benzene rings is 1. The molecule has 0 bridgehead atoms. The van der Waals surface area contributed by atoms with Gasteiger partial charge in [0.15, 0.2) is 0 Å². The van der Waals surface area contributed by atoms with Crippen LogP contribution in [-0.2, 0) is 22.4 Å². The molecule has 10 heteroatoms. The van der Waals surface area contributed by atoms with Crippen molar-refractivity contribution in [3.05, 3.63) is 51.4 Å². The minimum Gasteiger partial charge on any atom is -0.466 e. The first kappa shape index (κ1) is 23.6. The number of halogens is 3. The first-order valence-corrected chi connectivity index (χ1v) is 10.7. The summed E-state index contributed by atoms with van der Waals surface area (Å²) < 4.78 is 47.5. The van der Waals surface area contributed by atoms with Crippen LogP contribution in [0.3, 0.4) is 0 Å². The summed E-state index contributed by atoms with van der Waals surface area (Å²) in [5.74, 6) is -2.53. The largest absolute Gasteiger partial charge is 0.466 e. The van der Waals surface area contributed by atoms with Crippen molar-refractivity contribution in [3.63, 3.8) is 0 Å². The number of nitriles is 1. The minimum atomic E-state index is -5.27. The van der Waals surface area contributed by atoms with E-state index in [1.807, 2.05) is 13.0 Å². The topological polar surface area (TPSA) is 91.2 Å². The van der Waals surface area contributed by atoms with E-state index in [-0.39, 0.29) is 16.1 Å². The van der Waals surface area contributed by atoms with Crippen molar-refractivity contribution < 1.29 is 27.5 Å². The van der Waals surface area contributed by atoms with Crippen molar-refractivity contribution in [1.29, 1.82) is 5.26 Å². The second-order valence-electron chi connectivity index (χ2n) is 7.85. The predicted molar refractivity (Wildman–Crippen MR) is 113 cm³/mol. The Labute approximate surface area is 187 Å². The molecule has 1 aliphatic carbocycles. The Bertz CT molecular complexity index is 1070. The van der Waals surface area contributed by atoms with Crippen LogP contribution < -0.4 is 10.6 Å². The number of methoxy groups -OCH3 is 1. The van der Waals surface area contributed by atoms with Crippen molar-refractivity contribution in [1.82, 2.24) is 5.32 Å². The fourth-order valence-corrected chi connectivity index (χ4v) is 5.04. The lowest BCUT2D eigenvalue weighted by Gasteiger charge is -2.34. The van der Waals surface area contributed by atoms with Gasteiger partial charge in [-0.2, -0.15) is 18.4 Å². The molecule has 2 N–H and O–H groups in total. The molecule has 1 amide bonds. The highest BCUT2D eigenvalue weighted by molar-refractivity contribution is 7.16. The molecular formula is C22H22F3N3O3S. The van der Waals surface area contributed by atoms with Gasteiger partial charge in [0.05, 0.1) is 12.7 Å². The number of alkyl halides is 3. The number of fused-ring (bicyclic) bond motifs is 1. The van der Waals surface area contributed by atoms with Gasteiger partial charge in [0.1, 0.15) is 11.1 Å². The number of thiophene rings is 1. The molecule has 1 aromatic heterocycles. The molecule has 170 valence electrons. The van der Waals surface area contributed by atoms with Crippen molar-refractivity contribution in [2.45, 2.75) is 44.9 Å². The quantitative estimate of drug-likeness (QED) is 0.507. The fraction of sp³-hybridized carbons (Fsp3) is 0.409. The third kappa shape index (κ3) is 4.30. The predicted octanol–water partition coefficient (Wildman–Crippen LogP) is 4.33. The number of carbonyl (C=O) groups is 2. The van der Waals surface area contributed by atoms with E-state index in [9.17, 15) is 28.0 Å². The number of nitrogens with one attached hydrogen (secondary N) is 2. The van der Waals surface area contributed by atoms with Crippen LogP contribution in [-0.4, -0.2) is 30.8 Å². The van der Waals surface area contributed by atoms with Crippen molar-refractivity contribution >= 4 is 28.2 Å². The highest BCUT2D eigenvalue weighted by Crippen LogP contribution is 2.42. The molecule has 0 fully saturated rings. The molecule has 0 unspecified atom stereocenters. The summed E-state index contributed by atoms with van der Waals surface area (Å²) in [5, 5.41) is 13.5. The molecule has 3 rings (SSSR count). The van der Waals surface area contributed by atoms with Crippen LogP contribution in [0.2, 0.25) is 0 Å². The van der Waals surface area contributed by atoms with E-state index in [0.717, 1.165) is 35.3 Å². The number of esters is 1. The first-order chi connectivity index (χ1) is 15.0. The summed E-state index contributed by atoms with van der Waals surface area (Å²) in [5.41, 5.74) is -2.08. The van der Waals surface area contributed by atoms with E-state index < -0.39 is 23.7 Å². The number of rotatable bonds is 5. The van der Waals surface area contributed by atoms with Crippen LogP contribution >= 0.6 is 11.3 Å². The zero-order valence-electron chi connectivity index (χ0n) is 17.7. The van der Waals surface area contributed by atoms with Crippen LogP contribution in [0.5, 0.6) is 0 Å². The third-order valence-electron chi connectivity index (χ3n) is 5.46. The highest BCUT2D eigenvalue weighted by atomic mass is 32.1. The van der Waals surface area contributed by atoms with E-state index in [0.29, 0.717) is 24.3 Å². The number of carbonyl (C=O) groups excluding carboxylic acids is 2. The van der Waals surface area contributed by atoms with Crippen LogP contribution in [0, 0.1) is 24.2 Å². The van der Waals surface area contributed by atoms with E-state index >= 15 is 0 Å². The molecule has 0 saturated heterocycles. The zero-order chi connectivity index (χ0) is 23.7. The number of aryl methyl sites for hydroxylation is 1. The SMILES string of the molecule is COC(=O)[C@@](NC(=O)c1ccc(C)cc1)(Nc1sc2c(c1C#N)CC[C@@H](C)C2)C(F)(F)F. The molecule has 2 atom stereocenters. The number of hydrogen-bond donors (Lipinski definition) is 2. The molecule has 1 aliphatic rings. The molecule has 0 aliphatic heterocycles. The Hall–Kier alpha value is -3.06. The van der Waals surface area contributed by atoms with Crippen LogP contribution in [0.25, 0.3) is 0 Å². The summed E-state index contributed by atoms with van der Waals surface area (Å²) in [7, 11) is 0.800. The van der Waals surface area contributed by atoms with E-state index in [1.165, 1.54) is 12.1 Å². The molecule has 32 heavy (non-hydrogen) atoms. The molecule has 0 saturated carbocycles. The number of ether oxygens (including phenoxy) is 1. The summed E-state index contributed by atoms with van der Waals surface area (Å²) in [4.78, 5) is 26.0. The summed E-state index contributed by atoms with van der Waals surface area (Å²) in [6.45, 7) is 3.79. The van der Waals surface area contributed by atoms with Gasteiger partial charge in [-0.3, -0.25) is 4.79 Å². The van der Waals surface area contributed by atoms with Gasteiger partial charge in [-0.1, -0.05) is 24.6 Å². The third-order valence-corrected chi connectivity index (χ3v) is 6.63. The van der Waals surface area contributed by atoms with Gasteiger partial charge in [-0.15, -0.1) is 11.3 Å². The van der Waals surface area contributed by atoms with Gasteiger partial charge in [0.2, 0.25) is 0 Å². The molecule has 6 nitrogen and oxygen atoms in total. The second-order valence-corrected chi connectivity index (χ2v) is 8.96. The zero-order valence-corrected chi connectivity index (χ0v) is 18.5. The molecule has 1 heterocycles. The highest BCUT2D eigenvalue weighted by Gasteiger charge is 2.64.